The molecule has 22 heavy (non-hydrogen) atoms. The summed E-state index contributed by atoms with van der Waals surface area (Å²) in [6.07, 6.45) is 6.36. The van der Waals surface area contributed by atoms with Gasteiger partial charge < -0.3 is 0 Å². The predicted octanol–water partition coefficient (Wildman–Crippen LogP) is 3.39. The molecule has 4 fully saturated rings. The van der Waals surface area contributed by atoms with Crippen LogP contribution in [0.3, 0.4) is 0 Å². The molecule has 4 aliphatic rings. The minimum atomic E-state index is 0.497. The first kappa shape index (κ1) is 13.9. The van der Waals surface area contributed by atoms with Crippen LogP contribution in [-0.4, -0.2) is 45.3 Å². The molecule has 0 bridgehead atoms. The average molecular weight is 318 g/mol. The van der Waals surface area contributed by atoms with Crippen molar-refractivity contribution in [1.82, 2.24) is 14.7 Å². The molecule has 0 amide bonds. The van der Waals surface area contributed by atoms with Crippen LogP contribution < -0.4 is 0 Å². The maximum absolute atomic E-state index is 4.54. The molecule has 4 heteroatoms. The first-order valence-electron chi connectivity index (χ1n) is 9.02. The fourth-order valence-electron chi connectivity index (χ4n) is 5.48. The van der Waals surface area contributed by atoms with E-state index in [4.69, 9.17) is 0 Å². The van der Waals surface area contributed by atoms with E-state index in [0.717, 1.165) is 29.2 Å². The molecule has 4 atom stereocenters. The van der Waals surface area contributed by atoms with Gasteiger partial charge in [0.15, 0.2) is 0 Å². The molecule has 0 N–H and O–H groups in total. The minimum Gasteiger partial charge on any atom is -0.300 e. The molecule has 3 unspecified atom stereocenters. The van der Waals surface area contributed by atoms with Crippen LogP contribution in [-0.2, 0) is 0 Å². The summed E-state index contributed by atoms with van der Waals surface area (Å²) in [6.45, 7) is 7.27. The van der Waals surface area contributed by atoms with Crippen molar-refractivity contribution in [2.24, 2.45) is 17.3 Å². The molecule has 0 aromatic carbocycles. The van der Waals surface area contributed by atoms with E-state index in [9.17, 15) is 0 Å². The lowest BCUT2D eigenvalue weighted by Crippen LogP contribution is -2.41. The van der Waals surface area contributed by atoms with E-state index in [-0.39, 0.29) is 0 Å². The van der Waals surface area contributed by atoms with Gasteiger partial charge in [-0.2, -0.15) is 16.9 Å². The number of likely N-dealkylation sites (tertiary alicyclic amines) is 1. The lowest BCUT2D eigenvalue weighted by atomic mass is 9.91. The molecule has 120 valence electrons. The SMILES string of the molecule is CC(C)n1nccc1C1C2CC(N3CCC4(CSC4)C3)C[C@@H]21. The molecular formula is C18H27N3S. The van der Waals surface area contributed by atoms with Gasteiger partial charge in [0.2, 0.25) is 0 Å². The van der Waals surface area contributed by atoms with Gasteiger partial charge in [-0.05, 0) is 57.6 Å². The number of thioether (sulfide) groups is 1. The number of hydrogen-bond donors (Lipinski definition) is 0. The van der Waals surface area contributed by atoms with Crippen LogP contribution in [0.5, 0.6) is 0 Å². The molecule has 0 radical (unpaired) electrons. The second-order valence-electron chi connectivity index (χ2n) is 8.49. The molecule has 2 aliphatic carbocycles. The molecule has 2 saturated heterocycles. The van der Waals surface area contributed by atoms with E-state index in [1.54, 1.807) is 0 Å². The Bertz CT molecular complexity index is 565. The minimum absolute atomic E-state index is 0.497. The van der Waals surface area contributed by atoms with Gasteiger partial charge in [-0.25, -0.2) is 0 Å². The van der Waals surface area contributed by atoms with E-state index in [1.165, 1.54) is 49.6 Å². The summed E-state index contributed by atoms with van der Waals surface area (Å²) >= 11 is 2.15. The highest BCUT2D eigenvalue weighted by Crippen LogP contribution is 2.64. The molecule has 1 spiro atoms. The Morgan fingerprint density at radius 3 is 2.64 bits per heavy atom. The van der Waals surface area contributed by atoms with Crippen molar-refractivity contribution >= 4 is 11.8 Å². The zero-order chi connectivity index (χ0) is 14.9. The third-order valence-corrected chi connectivity index (χ3v) is 8.39. The maximum Gasteiger partial charge on any atom is 0.0492 e. The van der Waals surface area contributed by atoms with Gasteiger partial charge in [-0.1, -0.05) is 0 Å². The number of rotatable bonds is 3. The van der Waals surface area contributed by atoms with E-state index >= 15 is 0 Å². The zero-order valence-electron chi connectivity index (χ0n) is 13.7. The summed E-state index contributed by atoms with van der Waals surface area (Å²) in [7, 11) is 0. The maximum atomic E-state index is 4.54. The van der Waals surface area contributed by atoms with E-state index < -0.39 is 0 Å². The van der Waals surface area contributed by atoms with Gasteiger partial charge in [-0.15, -0.1) is 0 Å². The highest BCUT2D eigenvalue weighted by molar-refractivity contribution is 8.00. The molecule has 3 nitrogen and oxygen atoms in total. The quantitative estimate of drug-likeness (QED) is 0.852. The number of hydrogen-bond acceptors (Lipinski definition) is 3. The van der Waals surface area contributed by atoms with E-state index in [1.807, 2.05) is 6.20 Å². The Balaban J connectivity index is 1.24. The number of aromatic nitrogens is 2. The van der Waals surface area contributed by atoms with Crippen molar-refractivity contribution < 1.29 is 0 Å². The molecule has 2 aliphatic heterocycles. The Hall–Kier alpha value is -0.480. The second kappa shape index (κ2) is 4.76. The molecule has 2 saturated carbocycles. The van der Waals surface area contributed by atoms with Crippen LogP contribution in [0.2, 0.25) is 0 Å². The van der Waals surface area contributed by atoms with Crippen LogP contribution in [0.1, 0.15) is 50.8 Å². The van der Waals surface area contributed by atoms with Gasteiger partial charge in [0.25, 0.3) is 0 Å². The van der Waals surface area contributed by atoms with E-state index in [0.29, 0.717) is 6.04 Å². The largest absolute Gasteiger partial charge is 0.300 e. The first-order valence-corrected chi connectivity index (χ1v) is 10.2. The third-order valence-electron chi connectivity index (χ3n) is 6.75. The number of nitrogens with zero attached hydrogens (tertiary/aromatic N) is 3. The van der Waals surface area contributed by atoms with Gasteiger partial charge in [0.05, 0.1) is 0 Å². The van der Waals surface area contributed by atoms with Crippen LogP contribution in [0.15, 0.2) is 12.3 Å². The molecule has 3 heterocycles. The van der Waals surface area contributed by atoms with Crippen molar-refractivity contribution in [1.29, 1.82) is 0 Å². The summed E-state index contributed by atoms with van der Waals surface area (Å²) in [5.41, 5.74) is 2.24. The summed E-state index contributed by atoms with van der Waals surface area (Å²) in [5.74, 6) is 5.58. The lowest BCUT2D eigenvalue weighted by Gasteiger charge is -2.38. The third kappa shape index (κ3) is 1.96. The summed E-state index contributed by atoms with van der Waals surface area (Å²) in [4.78, 5) is 2.85. The Morgan fingerprint density at radius 1 is 1.27 bits per heavy atom. The smallest absolute Gasteiger partial charge is 0.0492 e. The van der Waals surface area contributed by atoms with Crippen molar-refractivity contribution in [2.45, 2.75) is 51.1 Å². The lowest BCUT2D eigenvalue weighted by molar-refractivity contribution is 0.204. The van der Waals surface area contributed by atoms with Crippen molar-refractivity contribution in [3.63, 3.8) is 0 Å². The average Bonchev–Trinajstić information content (AvgIpc) is 2.99. The Morgan fingerprint density at radius 2 is 2.05 bits per heavy atom. The monoisotopic (exact) mass is 317 g/mol. The highest BCUT2D eigenvalue weighted by atomic mass is 32.2. The van der Waals surface area contributed by atoms with Gasteiger partial charge in [0, 0.05) is 53.4 Å². The molecular weight excluding hydrogens is 290 g/mol. The molecule has 1 aromatic heterocycles. The second-order valence-corrected chi connectivity index (χ2v) is 9.47. The highest BCUT2D eigenvalue weighted by Gasteiger charge is 2.59. The fraction of sp³-hybridized carbons (Fsp3) is 0.833. The summed E-state index contributed by atoms with van der Waals surface area (Å²) in [6, 6.07) is 3.66. The fourth-order valence-corrected chi connectivity index (χ4v) is 6.73. The Labute approximate surface area is 137 Å². The summed E-state index contributed by atoms with van der Waals surface area (Å²) in [5, 5.41) is 4.54. The van der Waals surface area contributed by atoms with Crippen molar-refractivity contribution in [3.05, 3.63) is 18.0 Å². The Kier molecular flexibility index (Phi) is 3.01. The zero-order valence-corrected chi connectivity index (χ0v) is 14.6. The normalized spacial score (nSPS) is 39.4. The van der Waals surface area contributed by atoms with Gasteiger partial charge >= 0.3 is 0 Å². The van der Waals surface area contributed by atoms with Gasteiger partial charge in [0.1, 0.15) is 0 Å². The molecule has 5 rings (SSSR count). The van der Waals surface area contributed by atoms with Crippen LogP contribution in [0, 0.1) is 17.3 Å². The topological polar surface area (TPSA) is 21.1 Å². The van der Waals surface area contributed by atoms with Crippen LogP contribution in [0.25, 0.3) is 0 Å². The van der Waals surface area contributed by atoms with Crippen LogP contribution >= 0.6 is 11.8 Å². The standard InChI is InChI=1S/C18H27N3S/c1-12(2)21-16(3-5-19-21)17-14-7-13(8-15(14)17)20-6-4-18(9-20)10-22-11-18/h3,5,12-15,17H,4,6-11H2,1-2H3/t13?,14-,15?,17?/m0/s1. The van der Waals surface area contributed by atoms with Crippen molar-refractivity contribution in [2.75, 3.05) is 24.6 Å². The first-order chi connectivity index (χ1) is 10.7. The van der Waals surface area contributed by atoms with Crippen molar-refractivity contribution in [3.8, 4) is 0 Å². The summed E-state index contributed by atoms with van der Waals surface area (Å²) < 4.78 is 2.26. The van der Waals surface area contributed by atoms with Crippen LogP contribution in [0.4, 0.5) is 0 Å². The van der Waals surface area contributed by atoms with E-state index in [2.05, 4.69) is 46.4 Å². The number of fused-ring (bicyclic) bond motifs is 1. The predicted molar refractivity (Wildman–Crippen MR) is 91.3 cm³/mol. The van der Waals surface area contributed by atoms with Gasteiger partial charge in [-0.3, -0.25) is 9.58 Å². The molecule has 1 aromatic rings.